The predicted molar refractivity (Wildman–Crippen MR) is 147 cm³/mol. The first-order chi connectivity index (χ1) is 19.2. The molecule has 2 aliphatic rings. The molecule has 0 bridgehead atoms. The van der Waals surface area contributed by atoms with E-state index in [1.165, 1.54) is 17.7 Å². The van der Waals surface area contributed by atoms with Crippen LogP contribution in [0.25, 0.3) is 0 Å². The average Bonchev–Trinajstić information content (AvgIpc) is 3.00. The first kappa shape index (κ1) is 25.4. The van der Waals surface area contributed by atoms with Crippen molar-refractivity contribution in [1.29, 1.82) is 0 Å². The highest BCUT2D eigenvalue weighted by molar-refractivity contribution is 5.81. The molecule has 5 nitrogen and oxygen atoms in total. The summed E-state index contributed by atoms with van der Waals surface area (Å²) < 4.78 is 25.8. The van der Waals surface area contributed by atoms with Crippen molar-refractivity contribution in [3.05, 3.63) is 143 Å². The van der Waals surface area contributed by atoms with Gasteiger partial charge in [-0.25, -0.2) is 4.39 Å². The quantitative estimate of drug-likeness (QED) is 0.368. The number of ether oxygens (including phenoxy) is 2. The lowest BCUT2D eigenvalue weighted by atomic mass is 9.88. The maximum atomic E-state index is 13.8. The molecule has 0 radical (unpaired) electrons. The smallest absolute Gasteiger partial charge is 0.280 e. The largest absolute Gasteiger partial charge is 0.343 e. The van der Waals surface area contributed by atoms with Crippen molar-refractivity contribution in [2.45, 2.75) is 30.8 Å². The van der Waals surface area contributed by atoms with E-state index < -0.39 is 6.29 Å². The molecule has 4 aromatic carbocycles. The molecule has 0 unspecified atom stereocenters. The summed E-state index contributed by atoms with van der Waals surface area (Å²) in [6.07, 6.45) is -0.241. The molecule has 1 atom stereocenters. The van der Waals surface area contributed by atoms with Crippen molar-refractivity contribution in [2.24, 2.45) is 0 Å². The Morgan fingerprint density at radius 2 is 1.38 bits per heavy atom. The summed E-state index contributed by atoms with van der Waals surface area (Å²) in [5.74, 6) is -0.512. The third-order valence-electron chi connectivity index (χ3n) is 7.52. The molecule has 0 aromatic heterocycles. The molecule has 1 saturated heterocycles. The number of fused-ring (bicyclic) bond motifs is 1. The van der Waals surface area contributed by atoms with Gasteiger partial charge in [0.25, 0.3) is 5.91 Å². The molecule has 1 N–H and O–H groups in total. The zero-order valence-electron chi connectivity index (χ0n) is 21.6. The van der Waals surface area contributed by atoms with Crippen LogP contribution >= 0.6 is 0 Å². The van der Waals surface area contributed by atoms with Crippen LogP contribution in [-0.4, -0.2) is 42.9 Å². The van der Waals surface area contributed by atoms with E-state index in [1.807, 2.05) is 59.5 Å². The van der Waals surface area contributed by atoms with Gasteiger partial charge in [0, 0.05) is 6.54 Å². The molecule has 0 aliphatic carbocycles. The summed E-state index contributed by atoms with van der Waals surface area (Å²) in [5.41, 5.74) is 5.40. The van der Waals surface area contributed by atoms with Gasteiger partial charge in [0.15, 0.2) is 0 Å². The molecule has 39 heavy (non-hydrogen) atoms. The van der Waals surface area contributed by atoms with Gasteiger partial charge in [-0.15, -0.1) is 0 Å². The van der Waals surface area contributed by atoms with Crippen molar-refractivity contribution in [3.63, 3.8) is 0 Å². The van der Waals surface area contributed by atoms with Crippen LogP contribution in [0.3, 0.4) is 0 Å². The summed E-state index contributed by atoms with van der Waals surface area (Å²) in [6, 6.07) is 34.6. The Morgan fingerprint density at radius 1 is 0.795 bits per heavy atom. The second-order valence-electron chi connectivity index (χ2n) is 10.1. The summed E-state index contributed by atoms with van der Waals surface area (Å²) in [5, 5.41) is 3.67. The Balaban J connectivity index is 1.17. The monoisotopic (exact) mass is 522 g/mol. The molecular formula is C33H31FN2O3. The molecule has 1 fully saturated rings. The Morgan fingerprint density at radius 3 is 2.03 bits per heavy atom. The summed E-state index contributed by atoms with van der Waals surface area (Å²) in [7, 11) is 0. The van der Waals surface area contributed by atoms with Crippen LogP contribution in [0.4, 0.5) is 4.39 Å². The predicted octanol–water partition coefficient (Wildman–Crippen LogP) is 5.42. The molecule has 1 amide bonds. The highest BCUT2D eigenvalue weighted by atomic mass is 19.1. The van der Waals surface area contributed by atoms with Crippen LogP contribution in [0, 0.1) is 5.82 Å². The number of carbonyl (C=O) groups excluding carboxylic acids is 1. The number of hydrogen-bond acceptors (Lipinski definition) is 4. The second-order valence-corrected chi connectivity index (χ2v) is 10.1. The van der Waals surface area contributed by atoms with E-state index in [0.717, 1.165) is 28.7 Å². The molecule has 2 aliphatic heterocycles. The maximum absolute atomic E-state index is 13.8. The fourth-order valence-electron chi connectivity index (χ4n) is 5.60. The molecule has 198 valence electrons. The van der Waals surface area contributed by atoms with Crippen LogP contribution in [0.15, 0.2) is 109 Å². The van der Waals surface area contributed by atoms with Gasteiger partial charge < -0.3 is 14.4 Å². The number of nitrogens with one attached hydrogen (secondary N) is 1. The molecule has 0 spiro atoms. The van der Waals surface area contributed by atoms with E-state index in [9.17, 15) is 9.18 Å². The number of rotatable bonds is 6. The van der Waals surface area contributed by atoms with Crippen molar-refractivity contribution in [2.75, 3.05) is 19.8 Å². The van der Waals surface area contributed by atoms with E-state index in [4.69, 9.17) is 9.47 Å². The van der Waals surface area contributed by atoms with Crippen LogP contribution in [0.2, 0.25) is 0 Å². The van der Waals surface area contributed by atoms with E-state index >= 15 is 0 Å². The zero-order valence-corrected chi connectivity index (χ0v) is 21.6. The lowest BCUT2D eigenvalue weighted by Gasteiger charge is -2.40. The van der Waals surface area contributed by atoms with Crippen molar-refractivity contribution >= 4 is 5.91 Å². The van der Waals surface area contributed by atoms with Gasteiger partial charge in [0.05, 0.1) is 31.3 Å². The van der Waals surface area contributed by atoms with Gasteiger partial charge in [-0.2, -0.15) is 0 Å². The summed E-state index contributed by atoms with van der Waals surface area (Å²) in [6.45, 7) is 1.23. The van der Waals surface area contributed by atoms with Crippen LogP contribution in [0.1, 0.15) is 39.9 Å². The van der Waals surface area contributed by atoms with Gasteiger partial charge in [-0.3, -0.25) is 10.1 Å². The van der Waals surface area contributed by atoms with Crippen LogP contribution in [-0.2, 0) is 20.7 Å². The molecule has 4 aromatic rings. The fraction of sp³-hybridized carbons (Fsp3) is 0.242. The van der Waals surface area contributed by atoms with Gasteiger partial charge in [0.2, 0.25) is 6.29 Å². The molecule has 0 saturated carbocycles. The average molecular weight is 523 g/mol. The van der Waals surface area contributed by atoms with Gasteiger partial charge in [-0.05, 0) is 46.4 Å². The molecule has 2 heterocycles. The molecule has 6 rings (SSSR count). The minimum atomic E-state index is -0.983. The lowest BCUT2D eigenvalue weighted by Crippen LogP contribution is -2.53. The van der Waals surface area contributed by atoms with Crippen molar-refractivity contribution in [1.82, 2.24) is 10.2 Å². The second kappa shape index (κ2) is 11.5. The van der Waals surface area contributed by atoms with E-state index in [1.54, 1.807) is 12.1 Å². The minimum absolute atomic E-state index is 0.0293. The first-order valence-electron chi connectivity index (χ1n) is 13.4. The number of nitrogens with zero attached hydrogens (tertiary/aromatic N) is 1. The highest BCUT2D eigenvalue weighted by Gasteiger charge is 2.38. The van der Waals surface area contributed by atoms with Gasteiger partial charge in [-0.1, -0.05) is 97.1 Å². The SMILES string of the molecule is O=C([C@H]1OC[C@H](NC(c2ccccc2)c2ccccc2)CO1)N1CCc2ccccc2[C@@H]1c1ccc(F)cc1. The first-order valence-corrected chi connectivity index (χ1v) is 13.4. The van der Waals surface area contributed by atoms with Gasteiger partial charge in [0.1, 0.15) is 5.82 Å². The van der Waals surface area contributed by atoms with Crippen LogP contribution < -0.4 is 5.32 Å². The number of amides is 1. The maximum Gasteiger partial charge on any atom is 0.280 e. The fourth-order valence-corrected chi connectivity index (χ4v) is 5.60. The Kier molecular flexibility index (Phi) is 7.50. The normalized spacial score (nSPS) is 21.0. The number of hydrogen-bond donors (Lipinski definition) is 1. The third kappa shape index (κ3) is 5.50. The Labute approximate surface area is 228 Å². The standard InChI is InChI=1S/C33H31FN2O3/c34-27-17-15-26(16-18-27)31-29-14-8-7-9-23(29)19-20-36(31)32(37)33-38-21-28(22-39-33)35-30(24-10-3-1-4-11-24)25-12-5-2-6-13-25/h1-18,28,30-31,33,35H,19-22H2/t28-,31-,33-/m0/s1. The Bertz CT molecular complexity index is 1350. The minimum Gasteiger partial charge on any atom is -0.343 e. The number of benzene rings is 4. The zero-order chi connectivity index (χ0) is 26.6. The molecule has 6 heteroatoms. The summed E-state index contributed by atoms with van der Waals surface area (Å²) >= 11 is 0. The summed E-state index contributed by atoms with van der Waals surface area (Å²) in [4.78, 5) is 15.6. The Hall–Kier alpha value is -3.84. The van der Waals surface area contributed by atoms with E-state index in [2.05, 4.69) is 35.6 Å². The lowest BCUT2D eigenvalue weighted by molar-refractivity contribution is -0.207. The topological polar surface area (TPSA) is 50.8 Å². The highest BCUT2D eigenvalue weighted by Crippen LogP contribution is 2.36. The third-order valence-corrected chi connectivity index (χ3v) is 7.52. The number of carbonyl (C=O) groups is 1. The van der Waals surface area contributed by atoms with Crippen molar-refractivity contribution < 1.29 is 18.7 Å². The van der Waals surface area contributed by atoms with Crippen LogP contribution in [0.5, 0.6) is 0 Å². The van der Waals surface area contributed by atoms with E-state index in [-0.39, 0.29) is 29.8 Å². The number of halogens is 1. The van der Waals surface area contributed by atoms with E-state index in [0.29, 0.717) is 19.8 Å². The van der Waals surface area contributed by atoms with Crippen molar-refractivity contribution in [3.8, 4) is 0 Å². The van der Waals surface area contributed by atoms with Gasteiger partial charge >= 0.3 is 0 Å². The molecular weight excluding hydrogens is 491 g/mol.